The minimum Gasteiger partial charge on any atom is -0.423 e. The van der Waals surface area contributed by atoms with Crippen LogP contribution in [-0.4, -0.2) is 23.2 Å². The van der Waals surface area contributed by atoms with E-state index in [0.717, 1.165) is 10.9 Å². The fourth-order valence-electron chi connectivity index (χ4n) is 1.86. The van der Waals surface area contributed by atoms with Gasteiger partial charge >= 0.3 is 5.63 Å². The Kier molecular flexibility index (Phi) is 3.87. The number of carbonyl (C=O) groups excluding carboxylic acids is 1. The van der Waals surface area contributed by atoms with Gasteiger partial charge < -0.3 is 20.6 Å². The molecule has 6 nitrogen and oxygen atoms in total. The Morgan fingerprint density at radius 3 is 2.75 bits per heavy atom. The Morgan fingerprint density at radius 2 is 2.10 bits per heavy atom. The maximum absolute atomic E-state index is 11.8. The Morgan fingerprint density at radius 1 is 1.40 bits per heavy atom. The van der Waals surface area contributed by atoms with Crippen molar-refractivity contribution in [3.8, 4) is 0 Å². The summed E-state index contributed by atoms with van der Waals surface area (Å²) in [6.45, 7) is 3.32. The predicted octanol–water partition coefficient (Wildman–Crippen LogP) is 0.0312. The number of aliphatic hydroxyl groups excluding tert-OH is 1. The second-order valence-corrected chi connectivity index (χ2v) is 4.80. The van der Waals surface area contributed by atoms with E-state index < -0.39 is 23.7 Å². The van der Waals surface area contributed by atoms with Crippen LogP contribution < -0.4 is 16.7 Å². The molecule has 0 saturated heterocycles. The molecule has 1 heterocycles. The first-order chi connectivity index (χ1) is 9.38. The molecule has 2 aromatic rings. The van der Waals surface area contributed by atoms with Gasteiger partial charge in [0.05, 0.1) is 0 Å². The van der Waals surface area contributed by atoms with Gasteiger partial charge in [0.25, 0.3) is 5.91 Å². The number of nitrogens with one attached hydrogen (secondary N) is 1. The number of carbonyl (C=O) groups is 1. The van der Waals surface area contributed by atoms with Crippen LogP contribution in [0.4, 0.5) is 5.69 Å². The minimum absolute atomic E-state index is 0.394. The standard InChI is InChI=1S/C14H16N2O4/c1-7-5-12(18)20-11-6-9(3-4-10(7)11)16-14(19)13(15)8(2)17/h3-6,8,13,17H,15H2,1-2H3,(H,16,19)/p+1/t8-,13+/m1/s1. The summed E-state index contributed by atoms with van der Waals surface area (Å²) in [7, 11) is 0. The van der Waals surface area contributed by atoms with Crippen LogP contribution in [-0.2, 0) is 4.79 Å². The van der Waals surface area contributed by atoms with Crippen molar-refractivity contribution in [1.29, 1.82) is 0 Å². The van der Waals surface area contributed by atoms with E-state index in [1.165, 1.54) is 13.0 Å². The lowest BCUT2D eigenvalue weighted by Gasteiger charge is -2.12. The summed E-state index contributed by atoms with van der Waals surface area (Å²) in [4.78, 5) is 23.1. The first-order valence-corrected chi connectivity index (χ1v) is 6.25. The molecule has 0 unspecified atom stereocenters. The molecule has 0 aliphatic rings. The Hall–Kier alpha value is -2.18. The fourth-order valence-corrected chi connectivity index (χ4v) is 1.86. The van der Waals surface area contributed by atoms with E-state index in [0.29, 0.717) is 11.3 Å². The number of hydrogen-bond acceptors (Lipinski definition) is 4. The third-order valence-corrected chi connectivity index (χ3v) is 3.14. The number of fused-ring (bicyclic) bond motifs is 1. The molecule has 0 fully saturated rings. The van der Waals surface area contributed by atoms with E-state index in [9.17, 15) is 14.7 Å². The number of quaternary nitrogens is 1. The van der Waals surface area contributed by atoms with E-state index in [2.05, 4.69) is 11.1 Å². The average Bonchev–Trinajstić information content (AvgIpc) is 2.36. The van der Waals surface area contributed by atoms with Gasteiger partial charge in [-0.1, -0.05) is 0 Å². The van der Waals surface area contributed by atoms with Crippen molar-refractivity contribution < 1.29 is 20.1 Å². The predicted molar refractivity (Wildman–Crippen MR) is 74.2 cm³/mol. The van der Waals surface area contributed by atoms with Crippen molar-refractivity contribution in [2.45, 2.75) is 26.0 Å². The monoisotopic (exact) mass is 277 g/mol. The highest BCUT2D eigenvalue weighted by molar-refractivity contribution is 5.96. The normalized spacial score (nSPS) is 14.0. The number of rotatable bonds is 3. The minimum atomic E-state index is -0.837. The van der Waals surface area contributed by atoms with Crippen LogP contribution in [0.5, 0.6) is 0 Å². The Balaban J connectivity index is 2.33. The second kappa shape index (κ2) is 5.44. The van der Waals surface area contributed by atoms with Gasteiger partial charge in [-0.2, -0.15) is 0 Å². The molecule has 20 heavy (non-hydrogen) atoms. The number of benzene rings is 1. The quantitative estimate of drug-likeness (QED) is 0.688. The Labute approximate surface area is 115 Å². The number of amides is 1. The molecule has 0 spiro atoms. The maximum atomic E-state index is 11.8. The summed E-state index contributed by atoms with van der Waals surface area (Å²) < 4.78 is 5.10. The molecule has 0 saturated carbocycles. The van der Waals surface area contributed by atoms with Crippen molar-refractivity contribution >= 4 is 22.6 Å². The molecule has 1 aromatic carbocycles. The van der Waals surface area contributed by atoms with Crippen LogP contribution in [0.25, 0.3) is 11.0 Å². The van der Waals surface area contributed by atoms with Crippen molar-refractivity contribution in [2.24, 2.45) is 0 Å². The molecular formula is C14H17N2O4+. The zero-order valence-corrected chi connectivity index (χ0v) is 11.3. The molecule has 0 aliphatic carbocycles. The fraction of sp³-hybridized carbons (Fsp3) is 0.286. The van der Waals surface area contributed by atoms with Crippen molar-refractivity contribution in [3.63, 3.8) is 0 Å². The number of hydrogen-bond donors (Lipinski definition) is 3. The summed E-state index contributed by atoms with van der Waals surface area (Å²) in [5.41, 5.74) is 4.87. The molecule has 5 N–H and O–H groups in total. The number of aryl methyl sites for hydroxylation is 1. The topological polar surface area (TPSA) is 107 Å². The van der Waals surface area contributed by atoms with Crippen LogP contribution in [0.3, 0.4) is 0 Å². The highest BCUT2D eigenvalue weighted by atomic mass is 16.4. The highest BCUT2D eigenvalue weighted by Crippen LogP contribution is 2.20. The molecule has 1 aromatic heterocycles. The maximum Gasteiger partial charge on any atom is 0.336 e. The zero-order chi connectivity index (χ0) is 14.9. The lowest BCUT2D eigenvalue weighted by Crippen LogP contribution is -2.70. The van der Waals surface area contributed by atoms with E-state index in [4.69, 9.17) is 4.42 Å². The lowest BCUT2D eigenvalue weighted by molar-refractivity contribution is -0.418. The van der Waals surface area contributed by atoms with Crippen LogP contribution >= 0.6 is 0 Å². The molecular weight excluding hydrogens is 260 g/mol. The van der Waals surface area contributed by atoms with Crippen molar-refractivity contribution in [1.82, 2.24) is 0 Å². The number of aliphatic hydroxyl groups is 1. The SMILES string of the molecule is Cc1cc(=O)oc2cc(NC(=O)[C@@H]([NH3+])[C@@H](C)O)ccc12. The molecule has 0 aliphatic heterocycles. The molecule has 6 heteroatoms. The summed E-state index contributed by atoms with van der Waals surface area (Å²) in [5, 5.41) is 12.8. The molecule has 0 radical (unpaired) electrons. The molecule has 1 amide bonds. The van der Waals surface area contributed by atoms with Gasteiger partial charge in [0.1, 0.15) is 11.7 Å². The molecule has 2 rings (SSSR count). The zero-order valence-electron chi connectivity index (χ0n) is 11.3. The van der Waals surface area contributed by atoms with E-state index >= 15 is 0 Å². The Bertz CT molecular complexity index is 706. The number of anilines is 1. The largest absolute Gasteiger partial charge is 0.423 e. The van der Waals surface area contributed by atoms with E-state index in [1.54, 1.807) is 18.2 Å². The molecule has 2 atom stereocenters. The second-order valence-electron chi connectivity index (χ2n) is 4.80. The average molecular weight is 277 g/mol. The van der Waals surface area contributed by atoms with Gasteiger partial charge in [-0.15, -0.1) is 0 Å². The van der Waals surface area contributed by atoms with Crippen LogP contribution in [0, 0.1) is 6.92 Å². The third kappa shape index (κ3) is 2.87. The lowest BCUT2D eigenvalue weighted by atomic mass is 10.1. The van der Waals surface area contributed by atoms with Gasteiger partial charge in [0, 0.05) is 23.2 Å². The summed E-state index contributed by atoms with van der Waals surface area (Å²) >= 11 is 0. The highest BCUT2D eigenvalue weighted by Gasteiger charge is 2.22. The van der Waals surface area contributed by atoms with Gasteiger partial charge in [0.15, 0.2) is 6.04 Å². The third-order valence-electron chi connectivity index (χ3n) is 3.14. The first kappa shape index (κ1) is 14.2. The van der Waals surface area contributed by atoms with Gasteiger partial charge in [-0.3, -0.25) is 4.79 Å². The summed E-state index contributed by atoms with van der Waals surface area (Å²) in [6.07, 6.45) is -0.837. The van der Waals surface area contributed by atoms with Gasteiger partial charge in [-0.05, 0) is 31.5 Å². The van der Waals surface area contributed by atoms with Crippen molar-refractivity contribution in [2.75, 3.05) is 5.32 Å². The molecule has 106 valence electrons. The molecule has 0 bridgehead atoms. The van der Waals surface area contributed by atoms with Gasteiger partial charge in [-0.25, -0.2) is 4.79 Å². The van der Waals surface area contributed by atoms with Gasteiger partial charge in [0.2, 0.25) is 0 Å². The summed E-state index contributed by atoms with van der Waals surface area (Å²) in [6, 6.07) is 5.71. The van der Waals surface area contributed by atoms with Crippen LogP contribution in [0.1, 0.15) is 12.5 Å². The van der Waals surface area contributed by atoms with Crippen LogP contribution in [0.2, 0.25) is 0 Å². The summed E-state index contributed by atoms with van der Waals surface area (Å²) in [5.74, 6) is -0.394. The van der Waals surface area contributed by atoms with E-state index in [1.807, 2.05) is 6.92 Å². The van der Waals surface area contributed by atoms with Crippen LogP contribution in [0.15, 0.2) is 33.5 Å². The first-order valence-electron chi connectivity index (χ1n) is 6.25. The van der Waals surface area contributed by atoms with E-state index in [-0.39, 0.29) is 0 Å². The smallest absolute Gasteiger partial charge is 0.336 e. The van der Waals surface area contributed by atoms with Crippen molar-refractivity contribution in [3.05, 3.63) is 40.2 Å².